The third-order valence-electron chi connectivity index (χ3n) is 3.76. The van der Waals surface area contributed by atoms with Crippen LogP contribution in [0.15, 0.2) is 48.5 Å². The fraction of sp³-hybridized carbons (Fsp3) is 0.211. The van der Waals surface area contributed by atoms with Gasteiger partial charge in [0.05, 0.1) is 6.61 Å². The van der Waals surface area contributed by atoms with Gasteiger partial charge in [0, 0.05) is 16.5 Å². The summed E-state index contributed by atoms with van der Waals surface area (Å²) < 4.78 is 10.9. The van der Waals surface area contributed by atoms with Crippen LogP contribution in [-0.4, -0.2) is 17.6 Å². The van der Waals surface area contributed by atoms with E-state index in [1.807, 2.05) is 55.5 Å². The van der Waals surface area contributed by atoms with Gasteiger partial charge in [-0.3, -0.25) is 0 Å². The van der Waals surface area contributed by atoms with Crippen LogP contribution in [0.3, 0.4) is 0 Å². The molecule has 3 aromatic rings. The minimum Gasteiger partial charge on any atom is -0.489 e. The number of ether oxygens (including phenoxy) is 2. The van der Waals surface area contributed by atoms with Crippen molar-refractivity contribution in [3.63, 3.8) is 0 Å². The largest absolute Gasteiger partial charge is 0.489 e. The molecule has 4 heteroatoms. The molecule has 0 unspecified atom stereocenters. The molecule has 0 bridgehead atoms. The summed E-state index contributed by atoms with van der Waals surface area (Å²) in [4.78, 5) is 14.9. The molecule has 0 fully saturated rings. The number of H-pyrrole nitrogens is 1. The molecule has 0 spiro atoms. The molecule has 1 aromatic heterocycles. The molecule has 1 N–H and O–H groups in total. The minimum absolute atomic E-state index is 0.338. The summed E-state index contributed by atoms with van der Waals surface area (Å²) in [6, 6.07) is 15.7. The highest BCUT2D eigenvalue weighted by atomic mass is 16.5. The van der Waals surface area contributed by atoms with Gasteiger partial charge in [-0.1, -0.05) is 30.3 Å². The summed E-state index contributed by atoms with van der Waals surface area (Å²) in [5.41, 5.74) is 3.49. The maximum Gasteiger partial charge on any atom is 0.354 e. The number of aryl methyl sites for hydroxylation is 1. The predicted octanol–water partition coefficient (Wildman–Crippen LogP) is 4.23. The van der Waals surface area contributed by atoms with Crippen LogP contribution in [-0.2, 0) is 11.3 Å². The van der Waals surface area contributed by atoms with Crippen LogP contribution in [0.5, 0.6) is 5.75 Å². The van der Waals surface area contributed by atoms with E-state index in [9.17, 15) is 4.79 Å². The van der Waals surface area contributed by atoms with E-state index < -0.39 is 0 Å². The van der Waals surface area contributed by atoms with Gasteiger partial charge in [-0.05, 0) is 37.6 Å². The minimum atomic E-state index is -0.338. The van der Waals surface area contributed by atoms with Gasteiger partial charge in [0.25, 0.3) is 0 Å². The van der Waals surface area contributed by atoms with Crippen LogP contribution in [0.25, 0.3) is 10.9 Å². The Bertz CT molecular complexity index is 821. The Morgan fingerprint density at radius 3 is 2.65 bits per heavy atom. The zero-order chi connectivity index (χ0) is 16.2. The number of aromatic amines is 1. The molecule has 0 aliphatic rings. The third-order valence-corrected chi connectivity index (χ3v) is 3.76. The van der Waals surface area contributed by atoms with E-state index in [4.69, 9.17) is 9.47 Å². The number of nitrogens with one attached hydrogen (secondary N) is 1. The van der Waals surface area contributed by atoms with E-state index in [-0.39, 0.29) is 5.97 Å². The maximum atomic E-state index is 11.8. The van der Waals surface area contributed by atoms with Crippen molar-refractivity contribution in [1.29, 1.82) is 0 Å². The summed E-state index contributed by atoms with van der Waals surface area (Å²) in [5.74, 6) is 0.477. The van der Waals surface area contributed by atoms with Crippen LogP contribution in [0.4, 0.5) is 0 Å². The third kappa shape index (κ3) is 3.21. The fourth-order valence-corrected chi connectivity index (χ4v) is 2.54. The quantitative estimate of drug-likeness (QED) is 0.717. The standard InChI is InChI=1S/C19H19NO3/c1-3-22-19(21)17-11-15-13(2)18(10-9-16(15)20-17)23-12-14-7-5-4-6-8-14/h4-11,20H,3,12H2,1-2H3. The smallest absolute Gasteiger partial charge is 0.354 e. The first-order valence-electron chi connectivity index (χ1n) is 7.65. The molecule has 0 aliphatic carbocycles. The number of carbonyl (C=O) groups is 1. The molecular formula is C19H19NO3. The number of esters is 1. The number of hydrogen-bond donors (Lipinski definition) is 1. The van der Waals surface area contributed by atoms with Crippen molar-refractivity contribution in [2.24, 2.45) is 0 Å². The second kappa shape index (κ2) is 6.57. The number of fused-ring (bicyclic) bond motifs is 1. The molecule has 4 nitrogen and oxygen atoms in total. The molecule has 1 heterocycles. The number of carbonyl (C=O) groups excluding carboxylic acids is 1. The maximum absolute atomic E-state index is 11.8. The van der Waals surface area contributed by atoms with Crippen LogP contribution >= 0.6 is 0 Å². The lowest BCUT2D eigenvalue weighted by atomic mass is 10.1. The Balaban J connectivity index is 1.85. The highest BCUT2D eigenvalue weighted by molar-refractivity contribution is 5.96. The van der Waals surface area contributed by atoms with Crippen LogP contribution in [0, 0.1) is 6.92 Å². The molecule has 118 valence electrons. The molecule has 0 aliphatic heterocycles. The first kappa shape index (κ1) is 15.2. The van der Waals surface area contributed by atoms with E-state index in [2.05, 4.69) is 4.98 Å². The van der Waals surface area contributed by atoms with E-state index in [1.165, 1.54) is 0 Å². The van der Waals surface area contributed by atoms with Gasteiger partial charge in [-0.15, -0.1) is 0 Å². The fourth-order valence-electron chi connectivity index (χ4n) is 2.54. The van der Waals surface area contributed by atoms with Crippen molar-refractivity contribution in [3.05, 3.63) is 65.4 Å². The lowest BCUT2D eigenvalue weighted by Gasteiger charge is -2.09. The van der Waals surface area contributed by atoms with Gasteiger partial charge < -0.3 is 14.5 Å². The summed E-state index contributed by atoms with van der Waals surface area (Å²) in [7, 11) is 0. The molecule has 0 amide bonds. The van der Waals surface area contributed by atoms with Gasteiger partial charge in [0.15, 0.2) is 0 Å². The van der Waals surface area contributed by atoms with E-state index in [1.54, 1.807) is 6.92 Å². The highest BCUT2D eigenvalue weighted by Crippen LogP contribution is 2.28. The Hall–Kier alpha value is -2.75. The molecule has 2 aromatic carbocycles. The van der Waals surface area contributed by atoms with Crippen molar-refractivity contribution in [1.82, 2.24) is 4.98 Å². The zero-order valence-electron chi connectivity index (χ0n) is 13.3. The molecule has 0 radical (unpaired) electrons. The summed E-state index contributed by atoms with van der Waals surface area (Å²) in [6.07, 6.45) is 0. The summed E-state index contributed by atoms with van der Waals surface area (Å²) in [5, 5.41) is 0.971. The van der Waals surface area contributed by atoms with Crippen LogP contribution < -0.4 is 4.74 Å². The van der Waals surface area contributed by atoms with Crippen LogP contribution in [0.1, 0.15) is 28.5 Å². The average Bonchev–Trinajstić information content (AvgIpc) is 3.01. The Morgan fingerprint density at radius 1 is 1.13 bits per heavy atom. The molecule has 23 heavy (non-hydrogen) atoms. The second-order valence-electron chi connectivity index (χ2n) is 5.33. The lowest BCUT2D eigenvalue weighted by Crippen LogP contribution is -2.04. The Morgan fingerprint density at radius 2 is 1.91 bits per heavy atom. The van der Waals surface area contributed by atoms with Gasteiger partial charge >= 0.3 is 5.97 Å². The monoisotopic (exact) mass is 309 g/mol. The second-order valence-corrected chi connectivity index (χ2v) is 5.33. The molecule has 0 saturated heterocycles. The normalized spacial score (nSPS) is 10.7. The van der Waals surface area contributed by atoms with E-state index in [0.29, 0.717) is 18.9 Å². The van der Waals surface area contributed by atoms with E-state index in [0.717, 1.165) is 27.8 Å². The van der Waals surface area contributed by atoms with Gasteiger partial charge in [0.1, 0.15) is 18.1 Å². The predicted molar refractivity (Wildman–Crippen MR) is 89.8 cm³/mol. The topological polar surface area (TPSA) is 51.3 Å². The number of rotatable bonds is 5. The van der Waals surface area contributed by atoms with Crippen molar-refractivity contribution >= 4 is 16.9 Å². The Labute approximate surface area is 135 Å². The van der Waals surface area contributed by atoms with E-state index >= 15 is 0 Å². The summed E-state index contributed by atoms with van der Waals surface area (Å²) >= 11 is 0. The molecule has 3 rings (SSSR count). The first-order chi connectivity index (χ1) is 11.2. The van der Waals surface area contributed by atoms with Crippen molar-refractivity contribution < 1.29 is 14.3 Å². The Kier molecular flexibility index (Phi) is 4.33. The highest BCUT2D eigenvalue weighted by Gasteiger charge is 2.13. The first-order valence-corrected chi connectivity index (χ1v) is 7.65. The molecule has 0 atom stereocenters. The zero-order valence-corrected chi connectivity index (χ0v) is 13.3. The number of hydrogen-bond acceptors (Lipinski definition) is 3. The average molecular weight is 309 g/mol. The van der Waals surface area contributed by atoms with Crippen molar-refractivity contribution in [2.45, 2.75) is 20.5 Å². The lowest BCUT2D eigenvalue weighted by molar-refractivity contribution is 0.0520. The van der Waals surface area contributed by atoms with Crippen molar-refractivity contribution in [2.75, 3.05) is 6.61 Å². The van der Waals surface area contributed by atoms with Gasteiger partial charge in [-0.2, -0.15) is 0 Å². The summed E-state index contributed by atoms with van der Waals surface area (Å²) in [6.45, 7) is 4.66. The number of aromatic nitrogens is 1. The van der Waals surface area contributed by atoms with Gasteiger partial charge in [-0.25, -0.2) is 4.79 Å². The van der Waals surface area contributed by atoms with Crippen LogP contribution in [0.2, 0.25) is 0 Å². The van der Waals surface area contributed by atoms with Crippen molar-refractivity contribution in [3.8, 4) is 5.75 Å². The number of benzene rings is 2. The molecule has 0 saturated carbocycles. The SMILES string of the molecule is CCOC(=O)c1cc2c(C)c(OCc3ccccc3)ccc2[nH]1. The molecular weight excluding hydrogens is 290 g/mol. The van der Waals surface area contributed by atoms with Gasteiger partial charge in [0.2, 0.25) is 0 Å².